The number of nitrogens with zero attached hydrogens (tertiary/aromatic N) is 1. The van der Waals surface area contributed by atoms with E-state index in [9.17, 15) is 14.9 Å². The molecule has 98 valence electrons. The molecule has 7 heteroatoms. The zero-order valence-electron chi connectivity index (χ0n) is 9.59. The maximum Gasteiger partial charge on any atom is 0.352 e. The third-order valence-electron chi connectivity index (χ3n) is 2.60. The maximum absolute atomic E-state index is 10.7. The van der Waals surface area contributed by atoms with Gasteiger partial charge in [0.1, 0.15) is 5.69 Å². The highest BCUT2D eigenvalue weighted by Gasteiger charge is 2.12. The molecule has 1 heterocycles. The fourth-order valence-electron chi connectivity index (χ4n) is 1.68. The molecule has 6 nitrogen and oxygen atoms in total. The number of nitro groups is 1. The second-order valence-electron chi connectivity index (χ2n) is 3.91. The standard InChI is InChI=1S/C12H9ClN2O4/c13-10-3-2-9(15(18)19)6-7(10)5-8-1-4-11(14-8)12(16)17/h1-4,6,14H,5H2,(H,16,17). The lowest BCUT2D eigenvalue weighted by Crippen LogP contribution is -1.98. The molecule has 0 atom stereocenters. The first-order valence-electron chi connectivity index (χ1n) is 5.31. The Bertz CT molecular complexity index is 651. The van der Waals surface area contributed by atoms with Gasteiger partial charge in [-0.1, -0.05) is 11.6 Å². The van der Waals surface area contributed by atoms with Crippen LogP contribution in [-0.4, -0.2) is 21.0 Å². The number of aromatic carboxylic acids is 1. The van der Waals surface area contributed by atoms with Crippen LogP contribution in [0.15, 0.2) is 30.3 Å². The van der Waals surface area contributed by atoms with Gasteiger partial charge in [-0.15, -0.1) is 0 Å². The number of rotatable bonds is 4. The molecule has 2 rings (SSSR count). The van der Waals surface area contributed by atoms with Gasteiger partial charge in [0, 0.05) is 29.3 Å². The van der Waals surface area contributed by atoms with E-state index in [0.29, 0.717) is 22.7 Å². The fraction of sp³-hybridized carbons (Fsp3) is 0.0833. The molecule has 0 aliphatic rings. The van der Waals surface area contributed by atoms with Gasteiger partial charge in [0.2, 0.25) is 0 Å². The molecule has 0 radical (unpaired) electrons. The third-order valence-corrected chi connectivity index (χ3v) is 2.97. The van der Waals surface area contributed by atoms with Crippen LogP contribution in [0, 0.1) is 10.1 Å². The van der Waals surface area contributed by atoms with Crippen molar-refractivity contribution < 1.29 is 14.8 Å². The van der Waals surface area contributed by atoms with Crippen molar-refractivity contribution in [3.05, 3.63) is 62.4 Å². The molecule has 0 spiro atoms. The van der Waals surface area contributed by atoms with Crippen molar-refractivity contribution in [3.8, 4) is 0 Å². The molecule has 1 aromatic heterocycles. The van der Waals surface area contributed by atoms with Gasteiger partial charge in [-0.25, -0.2) is 4.79 Å². The van der Waals surface area contributed by atoms with Crippen molar-refractivity contribution in [1.29, 1.82) is 0 Å². The lowest BCUT2D eigenvalue weighted by molar-refractivity contribution is -0.384. The van der Waals surface area contributed by atoms with E-state index in [0.717, 1.165) is 0 Å². The van der Waals surface area contributed by atoms with Crippen molar-refractivity contribution in [2.75, 3.05) is 0 Å². The van der Waals surface area contributed by atoms with Crippen LogP contribution in [-0.2, 0) is 6.42 Å². The van der Waals surface area contributed by atoms with Gasteiger partial charge in [-0.2, -0.15) is 0 Å². The maximum atomic E-state index is 10.7. The molecule has 0 amide bonds. The summed E-state index contributed by atoms with van der Waals surface area (Å²) in [6, 6.07) is 7.20. The van der Waals surface area contributed by atoms with Crippen LogP contribution in [0.4, 0.5) is 5.69 Å². The van der Waals surface area contributed by atoms with Gasteiger partial charge in [0.25, 0.3) is 5.69 Å². The van der Waals surface area contributed by atoms with E-state index in [-0.39, 0.29) is 11.4 Å². The van der Waals surface area contributed by atoms with Gasteiger partial charge in [0.05, 0.1) is 4.92 Å². The zero-order chi connectivity index (χ0) is 14.0. The molecule has 0 aliphatic heterocycles. The average molecular weight is 281 g/mol. The first kappa shape index (κ1) is 13.1. The Morgan fingerprint density at radius 1 is 1.37 bits per heavy atom. The van der Waals surface area contributed by atoms with Crippen LogP contribution in [0.5, 0.6) is 0 Å². The van der Waals surface area contributed by atoms with Crippen LogP contribution in [0.3, 0.4) is 0 Å². The zero-order valence-corrected chi connectivity index (χ0v) is 10.3. The normalized spacial score (nSPS) is 10.4. The van der Waals surface area contributed by atoms with Gasteiger partial charge >= 0.3 is 5.97 Å². The van der Waals surface area contributed by atoms with Crippen molar-refractivity contribution >= 4 is 23.3 Å². The van der Waals surface area contributed by atoms with Crippen LogP contribution in [0.1, 0.15) is 21.7 Å². The summed E-state index contributed by atoms with van der Waals surface area (Å²) in [5.74, 6) is -1.06. The molecule has 2 aromatic rings. The number of hydrogen-bond acceptors (Lipinski definition) is 3. The number of nitro benzene ring substituents is 1. The Balaban J connectivity index is 2.29. The van der Waals surface area contributed by atoms with Gasteiger partial charge in [-0.3, -0.25) is 10.1 Å². The summed E-state index contributed by atoms with van der Waals surface area (Å²) in [5, 5.41) is 19.9. The van der Waals surface area contributed by atoms with Crippen LogP contribution < -0.4 is 0 Å². The molecular weight excluding hydrogens is 272 g/mol. The minimum atomic E-state index is -1.06. The molecule has 19 heavy (non-hydrogen) atoms. The van der Waals surface area contributed by atoms with Crippen LogP contribution >= 0.6 is 11.6 Å². The van der Waals surface area contributed by atoms with Crippen molar-refractivity contribution in [2.24, 2.45) is 0 Å². The molecule has 0 aliphatic carbocycles. The molecular formula is C12H9ClN2O4. The Kier molecular flexibility index (Phi) is 3.52. The number of carboxylic acids is 1. The largest absolute Gasteiger partial charge is 0.477 e. The molecule has 1 aromatic carbocycles. The highest BCUT2D eigenvalue weighted by atomic mass is 35.5. The predicted molar refractivity (Wildman–Crippen MR) is 68.7 cm³/mol. The third kappa shape index (κ3) is 2.92. The molecule has 0 fully saturated rings. The molecule has 0 saturated heterocycles. The highest BCUT2D eigenvalue weighted by molar-refractivity contribution is 6.31. The van der Waals surface area contributed by atoms with Crippen molar-refractivity contribution in [1.82, 2.24) is 4.98 Å². The summed E-state index contributed by atoms with van der Waals surface area (Å²) in [6.45, 7) is 0. The summed E-state index contributed by atoms with van der Waals surface area (Å²) in [7, 11) is 0. The van der Waals surface area contributed by atoms with Gasteiger partial charge < -0.3 is 10.1 Å². The van der Waals surface area contributed by atoms with E-state index >= 15 is 0 Å². The molecule has 0 bridgehead atoms. The summed E-state index contributed by atoms with van der Waals surface area (Å²) < 4.78 is 0. The van der Waals surface area contributed by atoms with Crippen LogP contribution in [0.2, 0.25) is 5.02 Å². The van der Waals surface area contributed by atoms with E-state index < -0.39 is 10.9 Å². The average Bonchev–Trinajstić information content (AvgIpc) is 2.80. The number of hydrogen-bond donors (Lipinski definition) is 2. The quantitative estimate of drug-likeness (QED) is 0.665. The smallest absolute Gasteiger partial charge is 0.352 e. The number of halogens is 1. The number of aromatic amines is 1. The molecule has 2 N–H and O–H groups in total. The second-order valence-corrected chi connectivity index (χ2v) is 4.32. The van der Waals surface area contributed by atoms with E-state index in [4.69, 9.17) is 16.7 Å². The first-order valence-corrected chi connectivity index (χ1v) is 5.69. The van der Waals surface area contributed by atoms with E-state index in [1.807, 2.05) is 0 Å². The Morgan fingerprint density at radius 2 is 2.11 bits per heavy atom. The number of non-ortho nitro benzene ring substituents is 1. The number of carboxylic acid groups (broad SMARTS) is 1. The van der Waals surface area contributed by atoms with E-state index in [1.165, 1.54) is 24.3 Å². The number of benzene rings is 1. The number of H-pyrrole nitrogens is 1. The SMILES string of the molecule is O=C(O)c1ccc(Cc2cc([N+](=O)[O-])ccc2Cl)[nH]1. The molecule has 0 unspecified atom stereocenters. The summed E-state index contributed by atoms with van der Waals surface area (Å²) in [4.78, 5) is 23.6. The first-order chi connectivity index (χ1) is 8.97. The number of aromatic nitrogens is 1. The van der Waals surface area contributed by atoms with Gasteiger partial charge in [0.15, 0.2) is 0 Å². The summed E-state index contributed by atoms with van der Waals surface area (Å²) in [5.41, 5.74) is 1.20. The van der Waals surface area contributed by atoms with Crippen LogP contribution in [0.25, 0.3) is 0 Å². The minimum Gasteiger partial charge on any atom is -0.477 e. The fourth-order valence-corrected chi connectivity index (χ4v) is 1.87. The monoisotopic (exact) mass is 280 g/mol. The Morgan fingerprint density at radius 3 is 2.68 bits per heavy atom. The van der Waals surface area contributed by atoms with E-state index in [1.54, 1.807) is 6.07 Å². The minimum absolute atomic E-state index is 0.0515. The lowest BCUT2D eigenvalue weighted by Gasteiger charge is -2.02. The summed E-state index contributed by atoms with van der Waals surface area (Å²) in [6.07, 6.45) is 0.299. The highest BCUT2D eigenvalue weighted by Crippen LogP contribution is 2.24. The topological polar surface area (TPSA) is 96.2 Å². The van der Waals surface area contributed by atoms with Crippen molar-refractivity contribution in [2.45, 2.75) is 6.42 Å². The Labute approximate surface area is 112 Å². The lowest BCUT2D eigenvalue weighted by atomic mass is 10.1. The summed E-state index contributed by atoms with van der Waals surface area (Å²) >= 11 is 5.97. The number of carbonyl (C=O) groups is 1. The predicted octanol–water partition coefficient (Wildman–Crippen LogP) is 2.87. The van der Waals surface area contributed by atoms with Gasteiger partial charge in [-0.05, 0) is 23.8 Å². The number of nitrogens with one attached hydrogen (secondary N) is 1. The van der Waals surface area contributed by atoms with Crippen molar-refractivity contribution in [3.63, 3.8) is 0 Å². The van der Waals surface area contributed by atoms with E-state index in [2.05, 4.69) is 4.98 Å². The second kappa shape index (κ2) is 5.11. The molecule has 0 saturated carbocycles. The Hall–Kier alpha value is -2.34.